The second-order valence-electron chi connectivity index (χ2n) is 3.82. The molecule has 0 atom stereocenters. The number of rotatable bonds is 6. The van der Waals surface area contributed by atoms with E-state index < -0.39 is 0 Å². The largest absolute Gasteiger partial charge is 0.492 e. The van der Waals surface area contributed by atoms with E-state index >= 15 is 0 Å². The minimum Gasteiger partial charge on any atom is -0.492 e. The molecule has 16 heavy (non-hydrogen) atoms. The maximum absolute atomic E-state index is 5.77. The van der Waals surface area contributed by atoms with E-state index in [1.807, 2.05) is 25.1 Å². The van der Waals surface area contributed by atoms with Crippen molar-refractivity contribution >= 4 is 15.9 Å². The van der Waals surface area contributed by atoms with Gasteiger partial charge in [-0.3, -0.25) is 0 Å². The van der Waals surface area contributed by atoms with Crippen molar-refractivity contribution in [3.8, 4) is 5.75 Å². The molecule has 0 saturated heterocycles. The number of benzene rings is 1. The van der Waals surface area contributed by atoms with Crippen LogP contribution < -0.4 is 10.5 Å². The lowest BCUT2D eigenvalue weighted by atomic mass is 10.1. The van der Waals surface area contributed by atoms with Gasteiger partial charge in [-0.2, -0.15) is 0 Å². The van der Waals surface area contributed by atoms with Crippen LogP contribution in [-0.2, 0) is 6.42 Å². The van der Waals surface area contributed by atoms with Crippen LogP contribution in [0.15, 0.2) is 34.8 Å². The summed E-state index contributed by atoms with van der Waals surface area (Å²) in [6, 6.07) is 6.03. The third-order valence-electron chi connectivity index (χ3n) is 2.24. The number of ether oxygens (including phenoxy) is 1. The quantitative estimate of drug-likeness (QED) is 0.813. The summed E-state index contributed by atoms with van der Waals surface area (Å²) in [7, 11) is 0. The molecule has 2 nitrogen and oxygen atoms in total. The monoisotopic (exact) mass is 283 g/mol. The predicted molar refractivity (Wildman–Crippen MR) is 71.8 cm³/mol. The van der Waals surface area contributed by atoms with Gasteiger partial charge in [0.1, 0.15) is 5.75 Å². The van der Waals surface area contributed by atoms with E-state index in [1.165, 1.54) is 0 Å². The zero-order valence-electron chi connectivity index (χ0n) is 9.63. The van der Waals surface area contributed by atoms with Gasteiger partial charge in [0.2, 0.25) is 0 Å². The van der Waals surface area contributed by atoms with Crippen LogP contribution in [0.5, 0.6) is 5.75 Å². The maximum Gasteiger partial charge on any atom is 0.136 e. The lowest BCUT2D eigenvalue weighted by Gasteiger charge is -2.12. The van der Waals surface area contributed by atoms with Crippen LogP contribution in [0.1, 0.15) is 18.9 Å². The van der Waals surface area contributed by atoms with Crippen molar-refractivity contribution in [2.75, 3.05) is 13.2 Å². The average molecular weight is 284 g/mol. The summed E-state index contributed by atoms with van der Waals surface area (Å²) in [6.45, 7) is 7.15. The highest BCUT2D eigenvalue weighted by Crippen LogP contribution is 2.29. The molecule has 0 bridgehead atoms. The van der Waals surface area contributed by atoms with E-state index in [0.717, 1.165) is 34.2 Å². The number of halogens is 1. The maximum atomic E-state index is 5.77. The molecule has 3 heteroatoms. The molecule has 0 saturated carbocycles. The van der Waals surface area contributed by atoms with Gasteiger partial charge in [-0.25, -0.2) is 0 Å². The Morgan fingerprint density at radius 3 is 2.88 bits per heavy atom. The lowest BCUT2D eigenvalue weighted by Crippen LogP contribution is -2.06. The standard InChI is InChI=1S/C13H18BrNO/c1-10(2)7-9-16-13-11(6-8-15)4-3-5-12(13)14/h3-5H,1,6-9,15H2,2H3. The van der Waals surface area contributed by atoms with Gasteiger partial charge in [0.05, 0.1) is 11.1 Å². The Bertz CT molecular complexity index is 363. The van der Waals surface area contributed by atoms with E-state index in [9.17, 15) is 0 Å². The molecule has 2 N–H and O–H groups in total. The topological polar surface area (TPSA) is 35.2 Å². The third-order valence-corrected chi connectivity index (χ3v) is 2.86. The first-order chi connectivity index (χ1) is 7.65. The average Bonchev–Trinajstić information content (AvgIpc) is 2.22. The summed E-state index contributed by atoms with van der Waals surface area (Å²) in [5.74, 6) is 0.911. The fourth-order valence-electron chi connectivity index (χ4n) is 1.39. The molecule has 1 aromatic rings. The van der Waals surface area contributed by atoms with Crippen molar-refractivity contribution in [1.29, 1.82) is 0 Å². The summed E-state index contributed by atoms with van der Waals surface area (Å²) < 4.78 is 6.75. The van der Waals surface area contributed by atoms with E-state index in [-0.39, 0.29) is 0 Å². The summed E-state index contributed by atoms with van der Waals surface area (Å²) in [5, 5.41) is 0. The molecule has 0 spiro atoms. The first kappa shape index (κ1) is 13.3. The molecular formula is C13H18BrNO. The SMILES string of the molecule is C=C(C)CCOc1c(Br)cccc1CCN. The fraction of sp³-hybridized carbons (Fsp3) is 0.385. The third kappa shape index (κ3) is 3.99. The molecule has 1 rings (SSSR count). The van der Waals surface area contributed by atoms with Crippen LogP contribution in [-0.4, -0.2) is 13.2 Å². The van der Waals surface area contributed by atoms with Gasteiger partial charge in [-0.15, -0.1) is 6.58 Å². The van der Waals surface area contributed by atoms with Crippen molar-refractivity contribution in [1.82, 2.24) is 0 Å². The van der Waals surface area contributed by atoms with Crippen molar-refractivity contribution < 1.29 is 4.74 Å². The summed E-state index contributed by atoms with van der Waals surface area (Å²) in [6.07, 6.45) is 1.71. The molecule has 0 fully saturated rings. The Kier molecular flexibility index (Phi) is 5.56. The molecule has 0 amide bonds. The number of para-hydroxylation sites is 1. The van der Waals surface area contributed by atoms with Gasteiger partial charge in [-0.1, -0.05) is 17.7 Å². The van der Waals surface area contributed by atoms with Crippen LogP contribution in [0.2, 0.25) is 0 Å². The first-order valence-corrected chi connectivity index (χ1v) is 6.19. The Hall–Kier alpha value is -0.800. The van der Waals surface area contributed by atoms with Crippen LogP contribution in [0.25, 0.3) is 0 Å². The predicted octanol–water partition coefficient (Wildman–Crippen LogP) is 3.30. The van der Waals surface area contributed by atoms with Crippen LogP contribution in [0, 0.1) is 0 Å². The smallest absolute Gasteiger partial charge is 0.136 e. The van der Waals surface area contributed by atoms with Crippen molar-refractivity contribution in [2.24, 2.45) is 5.73 Å². The second kappa shape index (κ2) is 6.71. The fourth-order valence-corrected chi connectivity index (χ4v) is 1.92. The molecule has 0 aromatic heterocycles. The summed E-state index contributed by atoms with van der Waals surface area (Å²) >= 11 is 3.50. The van der Waals surface area contributed by atoms with Crippen LogP contribution in [0.3, 0.4) is 0 Å². The molecule has 0 heterocycles. The van der Waals surface area contributed by atoms with E-state index in [0.29, 0.717) is 13.2 Å². The Morgan fingerprint density at radius 2 is 2.25 bits per heavy atom. The molecule has 0 aliphatic rings. The molecule has 1 aromatic carbocycles. The van der Waals surface area contributed by atoms with Crippen molar-refractivity contribution in [3.05, 3.63) is 40.4 Å². The molecule has 0 unspecified atom stereocenters. The van der Waals surface area contributed by atoms with Gasteiger partial charge in [0.25, 0.3) is 0 Å². The lowest BCUT2D eigenvalue weighted by molar-refractivity contribution is 0.316. The Balaban J connectivity index is 2.71. The number of nitrogens with two attached hydrogens (primary N) is 1. The molecular weight excluding hydrogens is 266 g/mol. The van der Waals surface area contributed by atoms with Gasteiger partial charge >= 0.3 is 0 Å². The highest BCUT2D eigenvalue weighted by Gasteiger charge is 2.07. The van der Waals surface area contributed by atoms with Crippen molar-refractivity contribution in [2.45, 2.75) is 19.8 Å². The van der Waals surface area contributed by atoms with E-state index in [2.05, 4.69) is 22.5 Å². The number of hydrogen-bond acceptors (Lipinski definition) is 2. The van der Waals surface area contributed by atoms with Gasteiger partial charge in [0.15, 0.2) is 0 Å². The highest BCUT2D eigenvalue weighted by molar-refractivity contribution is 9.10. The minimum absolute atomic E-state index is 0.632. The Morgan fingerprint density at radius 1 is 1.50 bits per heavy atom. The van der Waals surface area contributed by atoms with E-state index in [1.54, 1.807) is 0 Å². The zero-order chi connectivity index (χ0) is 12.0. The van der Waals surface area contributed by atoms with Gasteiger partial charge in [-0.05, 0) is 47.4 Å². The van der Waals surface area contributed by atoms with Gasteiger partial charge in [0, 0.05) is 6.42 Å². The number of hydrogen-bond donors (Lipinski definition) is 1. The van der Waals surface area contributed by atoms with Crippen molar-refractivity contribution in [3.63, 3.8) is 0 Å². The normalized spacial score (nSPS) is 10.2. The Labute approximate surface area is 106 Å². The van der Waals surface area contributed by atoms with E-state index in [4.69, 9.17) is 10.5 Å². The second-order valence-corrected chi connectivity index (χ2v) is 4.68. The molecule has 0 aliphatic heterocycles. The summed E-state index contributed by atoms with van der Waals surface area (Å²) in [4.78, 5) is 0. The summed E-state index contributed by atoms with van der Waals surface area (Å²) in [5.41, 5.74) is 7.85. The van der Waals surface area contributed by atoms with Gasteiger partial charge < -0.3 is 10.5 Å². The minimum atomic E-state index is 0.632. The molecule has 0 aliphatic carbocycles. The highest BCUT2D eigenvalue weighted by atomic mass is 79.9. The molecule has 0 radical (unpaired) electrons. The molecule has 88 valence electrons. The van der Waals surface area contributed by atoms with Crippen LogP contribution >= 0.6 is 15.9 Å². The zero-order valence-corrected chi connectivity index (χ0v) is 11.2. The van der Waals surface area contributed by atoms with Crippen LogP contribution in [0.4, 0.5) is 0 Å². The first-order valence-electron chi connectivity index (χ1n) is 5.39.